The van der Waals surface area contributed by atoms with E-state index in [0.29, 0.717) is 5.02 Å². The summed E-state index contributed by atoms with van der Waals surface area (Å²) in [6, 6.07) is 14.4. The minimum absolute atomic E-state index is 0.0795. The summed E-state index contributed by atoms with van der Waals surface area (Å²) in [5.74, 6) is -1.12. The molecule has 9 heteroatoms. The number of halogens is 1. The van der Waals surface area contributed by atoms with E-state index in [1.165, 1.54) is 19.1 Å². The molecular weight excluding hydrogens is 472 g/mol. The number of carbonyl (C=O) groups excluding carboxylic acids is 3. The number of nitrogens with zero attached hydrogens (tertiary/aromatic N) is 1. The van der Waals surface area contributed by atoms with Crippen molar-refractivity contribution in [1.29, 1.82) is 0 Å². The van der Waals surface area contributed by atoms with Crippen LogP contribution in [-0.4, -0.2) is 61.3 Å². The van der Waals surface area contributed by atoms with Gasteiger partial charge in [0.2, 0.25) is 5.91 Å². The molecule has 0 heterocycles. The number of alkyl carbamates (subject to hydrolysis) is 1. The van der Waals surface area contributed by atoms with Crippen molar-refractivity contribution in [2.75, 3.05) is 20.8 Å². The molecule has 0 radical (unpaired) electrons. The Bertz CT molecular complexity index is 976. The van der Waals surface area contributed by atoms with E-state index in [1.54, 1.807) is 45.0 Å². The second-order valence-electron chi connectivity index (χ2n) is 9.02. The molecule has 2 atom stereocenters. The van der Waals surface area contributed by atoms with Gasteiger partial charge in [-0.2, -0.15) is 0 Å². The first-order chi connectivity index (χ1) is 16.5. The van der Waals surface area contributed by atoms with Crippen molar-refractivity contribution < 1.29 is 28.6 Å². The first-order valence-electron chi connectivity index (χ1n) is 11.2. The monoisotopic (exact) mass is 504 g/mol. The summed E-state index contributed by atoms with van der Waals surface area (Å²) in [7, 11) is 2.72. The normalized spacial score (nSPS) is 12.9. The minimum Gasteiger partial charge on any atom is -0.467 e. The van der Waals surface area contributed by atoms with Crippen LogP contribution in [0.15, 0.2) is 54.6 Å². The molecule has 0 saturated carbocycles. The van der Waals surface area contributed by atoms with Crippen molar-refractivity contribution in [3.05, 3.63) is 70.7 Å². The number of esters is 1. The Morgan fingerprint density at radius 3 is 2.20 bits per heavy atom. The number of benzene rings is 2. The molecule has 0 aliphatic rings. The third kappa shape index (κ3) is 9.58. The van der Waals surface area contributed by atoms with E-state index < -0.39 is 35.7 Å². The fourth-order valence-corrected chi connectivity index (χ4v) is 3.37. The SMILES string of the molecule is COC(=O)C(COCc1ccccc1)N(C)C(=O)C(Cc1ccc(Cl)cc1)NC(=O)OC(C)(C)C. The van der Waals surface area contributed by atoms with Gasteiger partial charge < -0.3 is 24.4 Å². The quantitative estimate of drug-likeness (QED) is 0.492. The van der Waals surface area contributed by atoms with Crippen molar-refractivity contribution in [1.82, 2.24) is 10.2 Å². The van der Waals surface area contributed by atoms with Gasteiger partial charge in [-0.25, -0.2) is 9.59 Å². The van der Waals surface area contributed by atoms with Crippen LogP contribution >= 0.6 is 11.6 Å². The molecule has 0 spiro atoms. The van der Waals surface area contributed by atoms with Crippen LogP contribution in [0.5, 0.6) is 0 Å². The van der Waals surface area contributed by atoms with Crippen molar-refractivity contribution in [3.8, 4) is 0 Å². The maximum absolute atomic E-state index is 13.5. The van der Waals surface area contributed by atoms with Crippen LogP contribution in [0, 0.1) is 0 Å². The number of likely N-dealkylation sites (N-methyl/N-ethyl adjacent to an activating group) is 1. The average molecular weight is 505 g/mol. The van der Waals surface area contributed by atoms with Crippen LogP contribution in [-0.2, 0) is 36.8 Å². The van der Waals surface area contributed by atoms with Crippen LogP contribution in [0.1, 0.15) is 31.9 Å². The van der Waals surface area contributed by atoms with Gasteiger partial charge in [-0.3, -0.25) is 4.79 Å². The van der Waals surface area contributed by atoms with Crippen molar-refractivity contribution in [2.24, 2.45) is 0 Å². The molecule has 2 aromatic rings. The molecule has 0 aliphatic carbocycles. The minimum atomic E-state index is -1.01. The van der Waals surface area contributed by atoms with Crippen LogP contribution in [0.25, 0.3) is 0 Å². The van der Waals surface area contributed by atoms with E-state index in [0.717, 1.165) is 11.1 Å². The van der Waals surface area contributed by atoms with E-state index in [2.05, 4.69) is 5.32 Å². The molecule has 2 rings (SSSR count). The lowest BCUT2D eigenvalue weighted by Crippen LogP contribution is -2.55. The Morgan fingerprint density at radius 1 is 1.00 bits per heavy atom. The van der Waals surface area contributed by atoms with E-state index in [9.17, 15) is 14.4 Å². The Labute approximate surface area is 211 Å². The van der Waals surface area contributed by atoms with Crippen molar-refractivity contribution >= 4 is 29.6 Å². The average Bonchev–Trinajstić information content (AvgIpc) is 2.81. The van der Waals surface area contributed by atoms with E-state index in [1.807, 2.05) is 30.3 Å². The van der Waals surface area contributed by atoms with Gasteiger partial charge in [-0.15, -0.1) is 0 Å². The van der Waals surface area contributed by atoms with E-state index in [4.69, 9.17) is 25.8 Å². The van der Waals surface area contributed by atoms with E-state index in [-0.39, 0.29) is 19.6 Å². The number of carbonyl (C=O) groups is 3. The number of rotatable bonds is 10. The van der Waals surface area contributed by atoms with Crippen LogP contribution in [0.3, 0.4) is 0 Å². The summed E-state index contributed by atoms with van der Waals surface area (Å²) in [5.41, 5.74) is 0.952. The van der Waals surface area contributed by atoms with Gasteiger partial charge in [-0.05, 0) is 44.0 Å². The van der Waals surface area contributed by atoms with Crippen molar-refractivity contribution in [3.63, 3.8) is 0 Å². The highest BCUT2D eigenvalue weighted by molar-refractivity contribution is 6.30. The Balaban J connectivity index is 2.18. The Morgan fingerprint density at radius 2 is 1.63 bits per heavy atom. The molecule has 2 unspecified atom stereocenters. The second-order valence-corrected chi connectivity index (χ2v) is 9.45. The van der Waals surface area contributed by atoms with Gasteiger partial charge in [0.25, 0.3) is 0 Å². The lowest BCUT2D eigenvalue weighted by molar-refractivity contribution is -0.155. The molecule has 0 saturated heterocycles. The second kappa shape index (κ2) is 13.1. The summed E-state index contributed by atoms with van der Waals surface area (Å²) in [6.45, 7) is 5.37. The third-order valence-electron chi connectivity index (χ3n) is 5.02. The summed E-state index contributed by atoms with van der Waals surface area (Å²) in [5, 5.41) is 3.18. The first-order valence-corrected chi connectivity index (χ1v) is 11.6. The maximum atomic E-state index is 13.5. The number of methoxy groups -OCH3 is 1. The predicted octanol–water partition coefficient (Wildman–Crippen LogP) is 3.99. The molecule has 2 amide bonds. The molecule has 35 heavy (non-hydrogen) atoms. The number of amides is 2. The fraction of sp³-hybridized carbons (Fsp3) is 0.423. The number of hydrogen-bond acceptors (Lipinski definition) is 6. The van der Waals surface area contributed by atoms with Gasteiger partial charge in [0.05, 0.1) is 20.3 Å². The highest BCUT2D eigenvalue weighted by Gasteiger charge is 2.34. The van der Waals surface area contributed by atoms with Gasteiger partial charge in [0.1, 0.15) is 11.6 Å². The van der Waals surface area contributed by atoms with Crippen molar-refractivity contribution in [2.45, 2.75) is 51.5 Å². The zero-order valence-corrected chi connectivity index (χ0v) is 21.5. The zero-order chi connectivity index (χ0) is 26.0. The maximum Gasteiger partial charge on any atom is 0.408 e. The lowest BCUT2D eigenvalue weighted by atomic mass is 10.0. The third-order valence-corrected chi connectivity index (χ3v) is 5.27. The molecule has 0 bridgehead atoms. The van der Waals surface area contributed by atoms with Crippen LogP contribution in [0.4, 0.5) is 4.79 Å². The lowest BCUT2D eigenvalue weighted by Gasteiger charge is -2.30. The number of nitrogens with one attached hydrogen (secondary N) is 1. The standard InChI is InChI=1S/C26H33ClN2O6/c1-26(2,3)35-25(32)28-21(15-18-11-13-20(27)14-12-18)23(30)29(4)22(24(31)33-5)17-34-16-19-9-7-6-8-10-19/h6-14,21-22H,15-17H2,1-5H3,(H,28,32). The van der Waals surface area contributed by atoms with Gasteiger partial charge in [-0.1, -0.05) is 54.1 Å². The van der Waals surface area contributed by atoms with Gasteiger partial charge in [0.15, 0.2) is 6.04 Å². The largest absolute Gasteiger partial charge is 0.467 e. The van der Waals surface area contributed by atoms with Gasteiger partial charge >= 0.3 is 12.1 Å². The molecule has 2 aromatic carbocycles. The summed E-state index contributed by atoms with van der Waals surface area (Å²) < 4.78 is 16.0. The van der Waals surface area contributed by atoms with Crippen LogP contribution < -0.4 is 5.32 Å². The Hall–Kier alpha value is -3.10. The molecule has 0 aliphatic heterocycles. The molecule has 190 valence electrons. The smallest absolute Gasteiger partial charge is 0.408 e. The highest BCUT2D eigenvalue weighted by Crippen LogP contribution is 2.15. The number of hydrogen-bond donors (Lipinski definition) is 1. The summed E-state index contributed by atoms with van der Waals surface area (Å²) in [4.78, 5) is 39.7. The molecule has 8 nitrogen and oxygen atoms in total. The summed E-state index contributed by atoms with van der Waals surface area (Å²) in [6.07, 6.45) is -0.577. The molecule has 0 fully saturated rings. The number of ether oxygens (including phenoxy) is 3. The fourth-order valence-electron chi connectivity index (χ4n) is 3.24. The Kier molecular flexibility index (Phi) is 10.5. The highest BCUT2D eigenvalue weighted by atomic mass is 35.5. The summed E-state index contributed by atoms with van der Waals surface area (Å²) >= 11 is 5.97. The van der Waals surface area contributed by atoms with Gasteiger partial charge in [0, 0.05) is 18.5 Å². The van der Waals surface area contributed by atoms with E-state index >= 15 is 0 Å². The molecule has 0 aromatic heterocycles. The first kappa shape index (κ1) is 28.1. The molecule has 1 N–H and O–H groups in total. The topological polar surface area (TPSA) is 94.2 Å². The van der Waals surface area contributed by atoms with Crippen LogP contribution in [0.2, 0.25) is 5.02 Å². The zero-order valence-electron chi connectivity index (χ0n) is 20.7. The predicted molar refractivity (Wildman–Crippen MR) is 133 cm³/mol. The molecular formula is C26H33ClN2O6.